The third-order valence-electron chi connectivity index (χ3n) is 3.56. The van der Waals surface area contributed by atoms with Gasteiger partial charge in [0.2, 0.25) is 0 Å². The topological polar surface area (TPSA) is 12.4 Å². The lowest BCUT2D eigenvalue weighted by molar-refractivity contribution is 0.912. The van der Waals surface area contributed by atoms with E-state index < -0.39 is 0 Å². The van der Waals surface area contributed by atoms with Crippen LogP contribution in [0.15, 0.2) is 35.3 Å². The lowest BCUT2D eigenvalue weighted by atomic mass is 10.0. The van der Waals surface area contributed by atoms with Gasteiger partial charge >= 0.3 is 0 Å². The van der Waals surface area contributed by atoms with E-state index in [0.717, 1.165) is 18.7 Å². The van der Waals surface area contributed by atoms with E-state index in [2.05, 4.69) is 43.6 Å². The second-order valence-corrected chi connectivity index (χ2v) is 4.84. The summed E-state index contributed by atoms with van der Waals surface area (Å²) in [5.74, 6) is 0. The molecular formula is C16H21N. The van der Waals surface area contributed by atoms with Gasteiger partial charge in [-0.05, 0) is 55.4 Å². The molecule has 1 nitrogen and oxygen atoms in total. The maximum Gasteiger partial charge on any atom is 0.0600 e. The van der Waals surface area contributed by atoms with Crippen molar-refractivity contribution in [3.8, 4) is 0 Å². The molecule has 0 saturated carbocycles. The van der Waals surface area contributed by atoms with E-state index in [0.29, 0.717) is 0 Å². The van der Waals surface area contributed by atoms with Crippen molar-refractivity contribution in [1.29, 1.82) is 0 Å². The summed E-state index contributed by atoms with van der Waals surface area (Å²) >= 11 is 0. The van der Waals surface area contributed by atoms with Gasteiger partial charge in [-0.1, -0.05) is 31.2 Å². The van der Waals surface area contributed by atoms with E-state index in [1.807, 2.05) is 0 Å². The standard InChI is InChI=1S/C16H21N/c1-4-12(2)11-17-13(3)15-9-8-14-6-5-7-16(14)10-15/h8-10H,2,4-7,11H2,1,3H3. The molecule has 0 heterocycles. The molecule has 0 fully saturated rings. The minimum atomic E-state index is 0.763. The van der Waals surface area contributed by atoms with Gasteiger partial charge in [0.1, 0.15) is 0 Å². The maximum absolute atomic E-state index is 4.61. The van der Waals surface area contributed by atoms with Gasteiger partial charge in [0.05, 0.1) is 6.54 Å². The Morgan fingerprint density at radius 3 is 2.82 bits per heavy atom. The molecule has 0 atom stereocenters. The Kier molecular flexibility index (Phi) is 3.78. The molecule has 17 heavy (non-hydrogen) atoms. The quantitative estimate of drug-likeness (QED) is 0.545. The molecule has 0 radical (unpaired) electrons. The third-order valence-corrected chi connectivity index (χ3v) is 3.56. The van der Waals surface area contributed by atoms with Gasteiger partial charge in [-0.25, -0.2) is 0 Å². The maximum atomic E-state index is 4.61. The lowest BCUT2D eigenvalue weighted by Crippen LogP contribution is -1.99. The number of aryl methyl sites for hydroxylation is 2. The first-order valence-corrected chi connectivity index (χ1v) is 6.50. The van der Waals surface area contributed by atoms with Gasteiger partial charge < -0.3 is 0 Å². The van der Waals surface area contributed by atoms with Crippen LogP contribution < -0.4 is 0 Å². The summed E-state index contributed by atoms with van der Waals surface area (Å²) in [5, 5.41) is 0. The van der Waals surface area contributed by atoms with Gasteiger partial charge in [0.15, 0.2) is 0 Å². The second-order valence-electron chi connectivity index (χ2n) is 4.84. The van der Waals surface area contributed by atoms with E-state index >= 15 is 0 Å². The lowest BCUT2D eigenvalue weighted by Gasteiger charge is -2.05. The van der Waals surface area contributed by atoms with Crippen molar-refractivity contribution in [2.24, 2.45) is 4.99 Å². The number of nitrogens with zero attached hydrogens (tertiary/aromatic N) is 1. The first-order valence-electron chi connectivity index (χ1n) is 6.50. The highest BCUT2D eigenvalue weighted by atomic mass is 14.7. The van der Waals surface area contributed by atoms with Gasteiger partial charge in [-0.2, -0.15) is 0 Å². The highest BCUT2D eigenvalue weighted by Crippen LogP contribution is 2.23. The van der Waals surface area contributed by atoms with Crippen molar-refractivity contribution in [2.75, 3.05) is 6.54 Å². The molecule has 1 aliphatic rings. The Labute approximate surface area is 104 Å². The summed E-state index contributed by atoms with van der Waals surface area (Å²) in [4.78, 5) is 4.61. The van der Waals surface area contributed by atoms with Gasteiger partial charge in [0.25, 0.3) is 0 Å². The average Bonchev–Trinajstić information content (AvgIpc) is 2.82. The van der Waals surface area contributed by atoms with E-state index in [-0.39, 0.29) is 0 Å². The van der Waals surface area contributed by atoms with Crippen molar-refractivity contribution in [3.63, 3.8) is 0 Å². The summed E-state index contributed by atoms with van der Waals surface area (Å²) in [6, 6.07) is 6.79. The van der Waals surface area contributed by atoms with Crippen molar-refractivity contribution < 1.29 is 0 Å². The molecule has 1 aromatic carbocycles. The second kappa shape index (κ2) is 5.31. The van der Waals surface area contributed by atoms with Crippen LogP contribution in [0.4, 0.5) is 0 Å². The minimum absolute atomic E-state index is 0.763. The fourth-order valence-electron chi connectivity index (χ4n) is 2.23. The van der Waals surface area contributed by atoms with Crippen LogP contribution >= 0.6 is 0 Å². The number of hydrogen-bond donors (Lipinski definition) is 0. The molecule has 1 aromatic rings. The van der Waals surface area contributed by atoms with E-state index in [1.165, 1.54) is 41.5 Å². The first kappa shape index (κ1) is 12.1. The largest absolute Gasteiger partial charge is 0.285 e. The van der Waals surface area contributed by atoms with Crippen LogP contribution in [-0.4, -0.2) is 12.3 Å². The fourth-order valence-corrected chi connectivity index (χ4v) is 2.23. The Morgan fingerprint density at radius 1 is 1.29 bits per heavy atom. The Balaban J connectivity index is 2.14. The summed E-state index contributed by atoms with van der Waals surface area (Å²) in [7, 11) is 0. The van der Waals surface area contributed by atoms with Crippen LogP contribution in [0.1, 0.15) is 43.4 Å². The molecule has 90 valence electrons. The molecule has 0 saturated heterocycles. The molecule has 0 spiro atoms. The van der Waals surface area contributed by atoms with E-state index in [9.17, 15) is 0 Å². The average molecular weight is 227 g/mol. The molecular weight excluding hydrogens is 206 g/mol. The minimum Gasteiger partial charge on any atom is -0.285 e. The third kappa shape index (κ3) is 2.85. The van der Waals surface area contributed by atoms with Crippen molar-refractivity contribution in [1.82, 2.24) is 0 Å². The SMILES string of the molecule is C=C(CC)CN=C(C)c1ccc2c(c1)CCC2. The molecule has 0 aliphatic heterocycles. The summed E-state index contributed by atoms with van der Waals surface area (Å²) in [6.45, 7) is 8.98. The van der Waals surface area contributed by atoms with Crippen molar-refractivity contribution >= 4 is 5.71 Å². The van der Waals surface area contributed by atoms with E-state index in [4.69, 9.17) is 0 Å². The Morgan fingerprint density at radius 2 is 2.06 bits per heavy atom. The number of hydrogen-bond acceptors (Lipinski definition) is 1. The van der Waals surface area contributed by atoms with Crippen molar-refractivity contribution in [3.05, 3.63) is 47.0 Å². The first-order chi connectivity index (χ1) is 8.20. The number of rotatable bonds is 4. The number of aliphatic imine (C=N–C) groups is 1. The number of benzene rings is 1. The summed E-state index contributed by atoms with van der Waals surface area (Å²) in [6.07, 6.45) is 4.80. The van der Waals surface area contributed by atoms with E-state index in [1.54, 1.807) is 0 Å². The van der Waals surface area contributed by atoms with Crippen LogP contribution in [0.5, 0.6) is 0 Å². The fraction of sp³-hybridized carbons (Fsp3) is 0.438. The Bertz CT molecular complexity index is 455. The highest BCUT2D eigenvalue weighted by molar-refractivity contribution is 5.99. The zero-order valence-corrected chi connectivity index (χ0v) is 10.9. The smallest absolute Gasteiger partial charge is 0.0600 e. The molecule has 0 N–H and O–H groups in total. The molecule has 1 aliphatic carbocycles. The van der Waals surface area contributed by atoms with Crippen molar-refractivity contribution in [2.45, 2.75) is 39.5 Å². The van der Waals surface area contributed by atoms with Crippen LogP contribution in [0.2, 0.25) is 0 Å². The van der Waals surface area contributed by atoms with Gasteiger partial charge in [0, 0.05) is 5.71 Å². The normalized spacial score (nSPS) is 14.8. The summed E-state index contributed by atoms with van der Waals surface area (Å²) < 4.78 is 0. The molecule has 2 rings (SSSR count). The monoisotopic (exact) mass is 227 g/mol. The van der Waals surface area contributed by atoms with Crippen LogP contribution in [0.3, 0.4) is 0 Å². The zero-order chi connectivity index (χ0) is 12.3. The predicted octanol–water partition coefficient (Wildman–Crippen LogP) is 3.95. The molecule has 0 aromatic heterocycles. The van der Waals surface area contributed by atoms with Crippen LogP contribution in [0.25, 0.3) is 0 Å². The van der Waals surface area contributed by atoms with Crippen LogP contribution in [-0.2, 0) is 12.8 Å². The van der Waals surface area contributed by atoms with Crippen LogP contribution in [0, 0.1) is 0 Å². The molecule has 1 heteroatoms. The summed E-state index contributed by atoms with van der Waals surface area (Å²) in [5.41, 5.74) is 6.65. The molecule has 0 bridgehead atoms. The van der Waals surface area contributed by atoms with Gasteiger partial charge in [-0.15, -0.1) is 0 Å². The van der Waals surface area contributed by atoms with Gasteiger partial charge in [-0.3, -0.25) is 4.99 Å². The zero-order valence-electron chi connectivity index (χ0n) is 10.9. The molecule has 0 unspecified atom stereocenters. The molecule has 0 amide bonds. The predicted molar refractivity (Wildman–Crippen MR) is 75.0 cm³/mol. The highest BCUT2D eigenvalue weighted by Gasteiger charge is 2.11. The number of fused-ring (bicyclic) bond motifs is 1. The Hall–Kier alpha value is -1.37.